The summed E-state index contributed by atoms with van der Waals surface area (Å²) in [5.41, 5.74) is 2.97. The highest BCUT2D eigenvalue weighted by atomic mass is 32.2. The third-order valence-corrected chi connectivity index (χ3v) is 7.80. The molecular formula is C27H38N4OS. The summed E-state index contributed by atoms with van der Waals surface area (Å²) < 4.78 is 0. The number of carbonyl (C=O) groups is 1. The number of aromatic nitrogens is 2. The molecule has 0 radical (unpaired) electrons. The second-order valence-electron chi connectivity index (χ2n) is 10.5. The summed E-state index contributed by atoms with van der Waals surface area (Å²) in [5, 5.41) is 0.816. The molecule has 4 rings (SSSR count). The number of nitrogens with zero attached hydrogens (tertiary/aromatic N) is 4. The Morgan fingerprint density at radius 3 is 2.48 bits per heavy atom. The van der Waals surface area contributed by atoms with Gasteiger partial charge in [0.1, 0.15) is 5.82 Å². The van der Waals surface area contributed by atoms with Crippen LogP contribution in [-0.4, -0.2) is 47.0 Å². The summed E-state index contributed by atoms with van der Waals surface area (Å²) in [7, 11) is 2.19. The fourth-order valence-corrected chi connectivity index (χ4v) is 5.54. The minimum absolute atomic E-state index is 0.0392. The number of benzene rings is 1. The average Bonchev–Trinajstić information content (AvgIpc) is 3.37. The predicted octanol–water partition coefficient (Wildman–Crippen LogP) is 6.07. The van der Waals surface area contributed by atoms with Crippen molar-refractivity contribution in [3.8, 4) is 0 Å². The molecule has 1 aromatic carbocycles. The van der Waals surface area contributed by atoms with Crippen LogP contribution < -0.4 is 4.90 Å². The summed E-state index contributed by atoms with van der Waals surface area (Å²) in [4.78, 5) is 27.0. The Bertz CT molecular complexity index is 959. The van der Waals surface area contributed by atoms with Crippen LogP contribution in [0.2, 0.25) is 0 Å². The molecule has 2 fully saturated rings. The number of hydrogen-bond acceptors (Lipinski definition) is 5. The second-order valence-corrected chi connectivity index (χ2v) is 11.5. The van der Waals surface area contributed by atoms with Crippen LogP contribution in [0.4, 0.5) is 5.82 Å². The molecule has 0 unspecified atom stereocenters. The number of likely N-dealkylation sites (tertiary alicyclic amines) is 1. The number of carbonyl (C=O) groups excluding carboxylic acids is 1. The van der Waals surface area contributed by atoms with E-state index in [4.69, 9.17) is 9.97 Å². The predicted molar refractivity (Wildman–Crippen MR) is 137 cm³/mol. The van der Waals surface area contributed by atoms with Gasteiger partial charge in [0.15, 0.2) is 5.16 Å². The minimum Gasteiger partial charge on any atom is -0.357 e. The zero-order valence-corrected chi connectivity index (χ0v) is 21.5. The molecule has 0 atom stereocenters. The van der Waals surface area contributed by atoms with Crippen LogP contribution in [0.5, 0.6) is 0 Å². The average molecular weight is 467 g/mol. The topological polar surface area (TPSA) is 49.3 Å². The summed E-state index contributed by atoms with van der Waals surface area (Å²) in [6.07, 6.45) is 8.67. The molecule has 2 aromatic rings. The maximum atomic E-state index is 12.8. The minimum atomic E-state index is -0.0392. The maximum Gasteiger partial charge on any atom is 0.253 e. The van der Waals surface area contributed by atoms with Crippen molar-refractivity contribution in [2.45, 2.75) is 88.1 Å². The van der Waals surface area contributed by atoms with E-state index in [0.29, 0.717) is 6.04 Å². The molecule has 1 aliphatic heterocycles. The van der Waals surface area contributed by atoms with E-state index in [1.54, 1.807) is 11.8 Å². The zero-order valence-electron chi connectivity index (χ0n) is 20.6. The molecule has 0 spiro atoms. The fraction of sp³-hybridized carbons (Fsp3) is 0.593. The van der Waals surface area contributed by atoms with Crippen molar-refractivity contribution in [3.05, 3.63) is 47.2 Å². The van der Waals surface area contributed by atoms with E-state index in [0.717, 1.165) is 59.5 Å². The van der Waals surface area contributed by atoms with Crippen LogP contribution in [0.25, 0.3) is 0 Å². The van der Waals surface area contributed by atoms with Crippen molar-refractivity contribution < 1.29 is 4.79 Å². The highest BCUT2D eigenvalue weighted by Gasteiger charge is 2.24. The summed E-state index contributed by atoms with van der Waals surface area (Å²) >= 11 is 1.66. The van der Waals surface area contributed by atoms with E-state index >= 15 is 0 Å². The molecule has 1 aromatic heterocycles. The molecule has 1 aliphatic carbocycles. The van der Waals surface area contributed by atoms with Crippen LogP contribution >= 0.6 is 11.8 Å². The molecule has 6 heteroatoms. The molecule has 5 nitrogen and oxygen atoms in total. The van der Waals surface area contributed by atoms with E-state index in [2.05, 4.69) is 44.9 Å². The lowest BCUT2D eigenvalue weighted by atomic mass is 9.91. The number of hydrogen-bond donors (Lipinski definition) is 0. The number of thioether (sulfide) groups is 1. The second kappa shape index (κ2) is 10.5. The lowest BCUT2D eigenvalue weighted by Gasteiger charge is -2.33. The van der Waals surface area contributed by atoms with Gasteiger partial charge in [-0.1, -0.05) is 63.9 Å². The molecule has 0 N–H and O–H groups in total. The summed E-state index contributed by atoms with van der Waals surface area (Å²) in [6, 6.07) is 10.8. The number of rotatable bonds is 6. The first-order valence-electron chi connectivity index (χ1n) is 12.4. The van der Waals surface area contributed by atoms with Gasteiger partial charge in [0.05, 0.1) is 5.69 Å². The Hall–Kier alpha value is -2.08. The SMILES string of the molecule is CN(c1cc(C(C)(C)C)nc(SCc2cccc(C(=O)N3CCCC3)c2)n1)C1CCCCC1. The fourth-order valence-electron chi connectivity index (χ4n) is 4.74. The molecule has 1 saturated carbocycles. The Kier molecular flexibility index (Phi) is 7.62. The molecule has 178 valence electrons. The highest BCUT2D eigenvalue weighted by molar-refractivity contribution is 7.98. The van der Waals surface area contributed by atoms with Crippen molar-refractivity contribution in [2.75, 3.05) is 25.0 Å². The van der Waals surface area contributed by atoms with Crippen LogP contribution in [0.1, 0.15) is 87.3 Å². The molecule has 1 saturated heterocycles. The van der Waals surface area contributed by atoms with E-state index in [1.807, 2.05) is 23.1 Å². The molecular weight excluding hydrogens is 428 g/mol. The van der Waals surface area contributed by atoms with Gasteiger partial charge in [-0.3, -0.25) is 4.79 Å². The lowest BCUT2D eigenvalue weighted by Crippen LogP contribution is -2.34. The van der Waals surface area contributed by atoms with Gasteiger partial charge < -0.3 is 9.80 Å². The van der Waals surface area contributed by atoms with Gasteiger partial charge in [0.2, 0.25) is 0 Å². The Morgan fingerprint density at radius 1 is 1.06 bits per heavy atom. The molecule has 2 aliphatic rings. The number of amides is 1. The van der Waals surface area contributed by atoms with Crippen LogP contribution in [0.3, 0.4) is 0 Å². The number of anilines is 1. The summed E-state index contributed by atoms with van der Waals surface area (Å²) in [5.74, 6) is 1.94. The first-order chi connectivity index (χ1) is 15.8. The summed E-state index contributed by atoms with van der Waals surface area (Å²) in [6.45, 7) is 8.38. The zero-order chi connectivity index (χ0) is 23.4. The first-order valence-corrected chi connectivity index (χ1v) is 13.4. The van der Waals surface area contributed by atoms with E-state index < -0.39 is 0 Å². The lowest BCUT2D eigenvalue weighted by molar-refractivity contribution is 0.0792. The van der Waals surface area contributed by atoms with E-state index in [1.165, 1.54) is 32.1 Å². The largest absolute Gasteiger partial charge is 0.357 e. The van der Waals surface area contributed by atoms with Gasteiger partial charge >= 0.3 is 0 Å². The van der Waals surface area contributed by atoms with Gasteiger partial charge in [0, 0.05) is 49.0 Å². The first kappa shape index (κ1) is 24.1. The van der Waals surface area contributed by atoms with Gasteiger partial charge in [-0.2, -0.15) is 0 Å². The normalized spacial score (nSPS) is 17.4. The van der Waals surface area contributed by atoms with Gasteiger partial charge in [0.25, 0.3) is 5.91 Å². The van der Waals surface area contributed by atoms with Crippen molar-refractivity contribution in [1.29, 1.82) is 0 Å². The van der Waals surface area contributed by atoms with Crippen LogP contribution in [0.15, 0.2) is 35.5 Å². The van der Waals surface area contributed by atoms with E-state index in [-0.39, 0.29) is 11.3 Å². The standard InChI is InChI=1S/C27H38N4OS/c1-27(2,3)23-18-24(30(4)22-13-6-5-7-14-22)29-26(28-23)33-19-20-11-10-12-21(17-20)25(32)31-15-8-9-16-31/h10-12,17-18,22H,5-9,13-16,19H2,1-4H3. The maximum absolute atomic E-state index is 12.8. The van der Waals surface area contributed by atoms with Crippen LogP contribution in [-0.2, 0) is 11.2 Å². The molecule has 33 heavy (non-hydrogen) atoms. The van der Waals surface area contributed by atoms with Crippen molar-refractivity contribution in [2.24, 2.45) is 0 Å². The quantitative estimate of drug-likeness (QED) is 0.382. The molecule has 1 amide bonds. The van der Waals surface area contributed by atoms with Crippen molar-refractivity contribution in [1.82, 2.24) is 14.9 Å². The van der Waals surface area contributed by atoms with Gasteiger partial charge in [-0.05, 0) is 43.4 Å². The Morgan fingerprint density at radius 2 is 1.79 bits per heavy atom. The highest BCUT2D eigenvalue weighted by Crippen LogP contribution is 2.31. The van der Waals surface area contributed by atoms with Gasteiger partial charge in [-0.15, -0.1) is 0 Å². The Balaban J connectivity index is 1.51. The smallest absolute Gasteiger partial charge is 0.253 e. The third-order valence-electron chi connectivity index (χ3n) is 6.88. The molecule has 0 bridgehead atoms. The van der Waals surface area contributed by atoms with E-state index in [9.17, 15) is 4.79 Å². The van der Waals surface area contributed by atoms with Crippen molar-refractivity contribution >= 4 is 23.5 Å². The molecule has 2 heterocycles. The Labute approximate surface area is 203 Å². The van der Waals surface area contributed by atoms with Gasteiger partial charge in [-0.25, -0.2) is 9.97 Å². The monoisotopic (exact) mass is 466 g/mol. The van der Waals surface area contributed by atoms with Crippen LogP contribution in [0, 0.1) is 0 Å². The van der Waals surface area contributed by atoms with Crippen molar-refractivity contribution in [3.63, 3.8) is 0 Å². The third kappa shape index (κ3) is 6.08.